The first-order valence-corrected chi connectivity index (χ1v) is 12.9. The van der Waals surface area contributed by atoms with Gasteiger partial charge in [0.1, 0.15) is 12.1 Å². The Hall–Kier alpha value is -2.57. The molecule has 0 aromatic carbocycles. The van der Waals surface area contributed by atoms with Crippen LogP contribution in [0.2, 0.25) is 0 Å². The van der Waals surface area contributed by atoms with Gasteiger partial charge in [-0.05, 0) is 29.1 Å². The highest BCUT2D eigenvalue weighted by atomic mass is 35.5. The maximum atomic E-state index is 13.8. The number of hydrogen-bond donors (Lipinski definition) is 3. The summed E-state index contributed by atoms with van der Waals surface area (Å²) in [4.78, 5) is 65.0. The fourth-order valence-corrected chi connectivity index (χ4v) is 5.55. The minimum atomic E-state index is -3.73. The molecule has 3 aliphatic rings. The first-order valence-electron chi connectivity index (χ1n) is 12.5. The summed E-state index contributed by atoms with van der Waals surface area (Å²) in [6.07, 6.45) is 0.360. The van der Waals surface area contributed by atoms with E-state index in [-0.39, 0.29) is 36.2 Å². The van der Waals surface area contributed by atoms with E-state index in [1.54, 1.807) is 20.8 Å². The van der Waals surface area contributed by atoms with Crippen LogP contribution in [0.15, 0.2) is 0 Å². The average molecular weight is 566 g/mol. The molecule has 2 heterocycles. The lowest BCUT2D eigenvalue weighted by Crippen LogP contribution is -2.62. The molecule has 0 spiro atoms. The van der Waals surface area contributed by atoms with Crippen molar-refractivity contribution in [3.05, 3.63) is 0 Å². The molecule has 0 unspecified atom stereocenters. The molecule has 10 nitrogen and oxygen atoms in total. The van der Waals surface area contributed by atoms with Crippen LogP contribution in [0.3, 0.4) is 0 Å². The molecule has 3 rings (SSSR count). The summed E-state index contributed by atoms with van der Waals surface area (Å²) in [6.45, 7) is 9.17. The molecule has 1 aliphatic carbocycles. The smallest absolute Gasteiger partial charge is 0.321 e. The first kappa shape index (κ1) is 30.0. The molecule has 0 aromatic rings. The molecule has 214 valence electrons. The topological polar surface area (TPSA) is 128 Å². The van der Waals surface area contributed by atoms with Crippen LogP contribution in [0.1, 0.15) is 48.0 Å². The fraction of sp³-hybridized carbons (Fsp3) is 0.792. The quantitative estimate of drug-likeness (QED) is 0.316. The molecule has 0 bridgehead atoms. The maximum absolute atomic E-state index is 13.8. The van der Waals surface area contributed by atoms with Crippen LogP contribution in [0.4, 0.5) is 13.2 Å². The molecule has 1 saturated carbocycles. The number of halogens is 4. The Labute approximate surface area is 224 Å². The van der Waals surface area contributed by atoms with Crippen LogP contribution >= 0.6 is 11.6 Å². The molecule has 3 N–H and O–H groups in total. The number of rotatable bonds is 7. The highest BCUT2D eigenvalue weighted by molar-refractivity contribution is 6.29. The Morgan fingerprint density at radius 3 is 2.29 bits per heavy atom. The third-order valence-corrected chi connectivity index (χ3v) is 8.00. The number of hydrogen-bond acceptors (Lipinski definition) is 5. The van der Waals surface area contributed by atoms with Crippen LogP contribution < -0.4 is 16.1 Å². The minimum absolute atomic E-state index is 0.0992. The highest BCUT2D eigenvalue weighted by Crippen LogP contribution is 2.65. The van der Waals surface area contributed by atoms with Gasteiger partial charge in [0.25, 0.3) is 23.4 Å². The van der Waals surface area contributed by atoms with Crippen LogP contribution in [0, 0.1) is 28.6 Å². The van der Waals surface area contributed by atoms with E-state index >= 15 is 0 Å². The predicted molar refractivity (Wildman–Crippen MR) is 130 cm³/mol. The van der Waals surface area contributed by atoms with Crippen molar-refractivity contribution in [2.45, 2.75) is 71.6 Å². The second kappa shape index (κ2) is 10.2. The molecular formula is C24H35ClF3N5O5. The number of alkyl halides is 4. The summed E-state index contributed by atoms with van der Waals surface area (Å²) in [6, 6.07) is -2.51. The van der Waals surface area contributed by atoms with E-state index in [9.17, 15) is 37.1 Å². The summed E-state index contributed by atoms with van der Waals surface area (Å²) in [5.41, 5.74) is -1.46. The summed E-state index contributed by atoms with van der Waals surface area (Å²) in [7, 11) is 0. The zero-order chi connectivity index (χ0) is 29.0. The van der Waals surface area contributed by atoms with E-state index < -0.39 is 58.6 Å². The number of nitrogens with zero attached hydrogens (tertiary/aromatic N) is 2. The molecule has 38 heavy (non-hydrogen) atoms. The van der Waals surface area contributed by atoms with Crippen LogP contribution in [-0.2, 0) is 24.0 Å². The molecule has 2 aliphatic heterocycles. The van der Waals surface area contributed by atoms with E-state index in [1.165, 1.54) is 4.90 Å². The first-order chi connectivity index (χ1) is 17.3. The fourth-order valence-electron chi connectivity index (χ4n) is 5.43. The van der Waals surface area contributed by atoms with Gasteiger partial charge >= 0.3 is 5.92 Å². The van der Waals surface area contributed by atoms with Crippen LogP contribution in [0.5, 0.6) is 0 Å². The summed E-state index contributed by atoms with van der Waals surface area (Å²) >= 11 is 5.35. The largest absolute Gasteiger partial charge is 0.356 e. The van der Waals surface area contributed by atoms with Crippen LogP contribution in [0.25, 0.3) is 0 Å². The Morgan fingerprint density at radius 1 is 1.21 bits per heavy atom. The van der Waals surface area contributed by atoms with E-state index in [2.05, 4.69) is 16.1 Å². The van der Waals surface area contributed by atoms with E-state index in [1.807, 2.05) is 13.8 Å². The van der Waals surface area contributed by atoms with E-state index in [0.29, 0.717) is 24.9 Å². The molecular weight excluding hydrogens is 531 g/mol. The van der Waals surface area contributed by atoms with Gasteiger partial charge < -0.3 is 15.5 Å². The third-order valence-electron chi connectivity index (χ3n) is 7.81. The van der Waals surface area contributed by atoms with Crippen molar-refractivity contribution in [1.29, 1.82) is 0 Å². The lowest BCUT2D eigenvalue weighted by molar-refractivity contribution is -0.153. The number of nitrogens with one attached hydrogen (secondary N) is 3. The average Bonchev–Trinajstić information content (AvgIpc) is 3.14. The van der Waals surface area contributed by atoms with Crippen molar-refractivity contribution in [1.82, 2.24) is 26.0 Å². The van der Waals surface area contributed by atoms with Crippen molar-refractivity contribution in [2.24, 2.45) is 28.6 Å². The van der Waals surface area contributed by atoms with Crippen molar-refractivity contribution in [3.63, 3.8) is 0 Å². The Balaban J connectivity index is 1.87. The molecule has 0 aromatic heterocycles. The maximum Gasteiger partial charge on any atom is 0.321 e. The highest BCUT2D eigenvalue weighted by Gasteiger charge is 2.70. The van der Waals surface area contributed by atoms with Crippen molar-refractivity contribution < 1.29 is 37.1 Å². The SMILES string of the molecule is CC(F)(F)C(=O)N[C@H](C(=O)N1C[C@H]2[C@@H]([C@H]1C(=O)NN(C[C@@H]1CCNC1=O)C(=O)[C@@H](F)Cl)C2(C)C)C(C)(C)C. The normalized spacial score (nSPS) is 27.6. The van der Waals surface area contributed by atoms with Gasteiger partial charge in [-0.2, -0.15) is 8.78 Å². The standard InChI is InChI=1S/C24H35ClF3N5O5/c1-22(2,3)15(30-21(38)24(6,27)28)19(36)32-10-12-13(23(12,4)5)14(32)18(35)31-33(20(37)16(25)26)9-11-7-8-29-17(11)34/h11-16H,7-10H2,1-6H3,(H,29,34)(H,30,38)(H,31,35)/t11-,12-,13-,14-,15+,16+/m0/s1. The van der Waals surface area contributed by atoms with Gasteiger partial charge in [0.2, 0.25) is 11.8 Å². The Bertz CT molecular complexity index is 1010. The third kappa shape index (κ3) is 5.86. The lowest BCUT2D eigenvalue weighted by Gasteiger charge is -2.38. The second-order valence-corrected chi connectivity index (χ2v) is 12.4. The zero-order valence-corrected chi connectivity index (χ0v) is 23.0. The second-order valence-electron chi connectivity index (χ2n) is 12.1. The predicted octanol–water partition coefficient (Wildman–Crippen LogP) is 1.19. The van der Waals surface area contributed by atoms with Crippen molar-refractivity contribution in [2.75, 3.05) is 19.6 Å². The minimum Gasteiger partial charge on any atom is -0.356 e. The number of fused-ring (bicyclic) bond motifs is 1. The van der Waals surface area contributed by atoms with Crippen LogP contribution in [-0.4, -0.2) is 82.7 Å². The van der Waals surface area contributed by atoms with Crippen molar-refractivity contribution >= 4 is 41.1 Å². The summed E-state index contributed by atoms with van der Waals surface area (Å²) < 4.78 is 41.1. The molecule has 2 saturated heterocycles. The van der Waals surface area contributed by atoms with Crippen molar-refractivity contribution in [3.8, 4) is 0 Å². The molecule has 5 amide bonds. The van der Waals surface area contributed by atoms with Gasteiger partial charge in [0.15, 0.2) is 0 Å². The number of carbonyl (C=O) groups is 5. The molecule has 0 radical (unpaired) electrons. The van der Waals surface area contributed by atoms with Gasteiger partial charge in [-0.25, -0.2) is 9.40 Å². The van der Waals surface area contributed by atoms with E-state index in [0.717, 1.165) is 0 Å². The lowest BCUT2D eigenvalue weighted by atomic mass is 9.85. The molecule has 3 fully saturated rings. The number of likely N-dealkylation sites (tertiary alicyclic amines) is 1. The van der Waals surface area contributed by atoms with Gasteiger partial charge in [-0.3, -0.25) is 29.4 Å². The number of hydrazine groups is 1. The Kier molecular flexibility index (Phi) is 8.04. The van der Waals surface area contributed by atoms with Gasteiger partial charge in [0.05, 0.1) is 12.5 Å². The zero-order valence-electron chi connectivity index (χ0n) is 22.2. The van der Waals surface area contributed by atoms with Gasteiger partial charge in [0, 0.05) is 20.0 Å². The summed E-state index contributed by atoms with van der Waals surface area (Å²) in [5, 5.41) is 5.37. The molecule has 6 atom stereocenters. The van der Waals surface area contributed by atoms with Gasteiger partial charge in [-0.1, -0.05) is 46.2 Å². The number of amides is 5. The number of piperidine rings is 1. The number of carbonyl (C=O) groups excluding carboxylic acids is 5. The van der Waals surface area contributed by atoms with E-state index in [4.69, 9.17) is 11.6 Å². The summed E-state index contributed by atoms with van der Waals surface area (Å²) in [5.74, 6) is -9.65. The monoisotopic (exact) mass is 565 g/mol. The Morgan fingerprint density at radius 2 is 1.82 bits per heavy atom. The van der Waals surface area contributed by atoms with Gasteiger partial charge in [-0.15, -0.1) is 0 Å². The molecule has 14 heteroatoms.